The van der Waals surface area contributed by atoms with Gasteiger partial charge in [0.25, 0.3) is 25.3 Å². The van der Waals surface area contributed by atoms with Crippen molar-refractivity contribution in [3.63, 3.8) is 0 Å². The van der Waals surface area contributed by atoms with Crippen LogP contribution in [0.1, 0.15) is 20.8 Å². The molecule has 1 rings (SSSR count). The van der Waals surface area contributed by atoms with Crippen LogP contribution in [0.4, 0.5) is 0 Å². The largest absolute Gasteiger partial charge is 0.303 e. The second kappa shape index (κ2) is 6.36. The van der Waals surface area contributed by atoms with Crippen molar-refractivity contribution in [2.45, 2.75) is 20.8 Å². The zero-order valence-corrected chi connectivity index (χ0v) is 15.1. The van der Waals surface area contributed by atoms with Gasteiger partial charge < -0.3 is 12.7 Å². The smallest absolute Gasteiger partial charge is 0.281 e. The first-order valence-electron chi connectivity index (χ1n) is 5.27. The van der Waals surface area contributed by atoms with E-state index in [0.717, 1.165) is 19.6 Å². The summed E-state index contributed by atoms with van der Waals surface area (Å²) < 4.78 is 6.96. The molecule has 0 radical (unpaired) electrons. The lowest BCUT2D eigenvalue weighted by Gasteiger charge is -2.49. The monoisotopic (exact) mass is 321 g/mol. The molecule has 15 heavy (non-hydrogen) atoms. The van der Waals surface area contributed by atoms with Crippen LogP contribution in [0.5, 0.6) is 0 Å². The Hall–Kier alpha value is 1.40. The first-order chi connectivity index (χ1) is 7.08. The van der Waals surface area contributed by atoms with Crippen molar-refractivity contribution in [2.75, 3.05) is 19.6 Å². The fraction of sp³-hybridized carbons (Fsp3) is 1.00. The molecular weight excluding hydrogens is 305 g/mol. The van der Waals surface area contributed by atoms with E-state index >= 15 is 0 Å². The molecule has 3 nitrogen and oxygen atoms in total. The van der Waals surface area contributed by atoms with E-state index in [-0.39, 0.29) is 0 Å². The third kappa shape index (κ3) is 2.80. The summed E-state index contributed by atoms with van der Waals surface area (Å²) in [5.74, 6) is 0. The van der Waals surface area contributed by atoms with Crippen LogP contribution in [0.15, 0.2) is 0 Å². The molecule has 0 saturated carbocycles. The average Bonchev–Trinajstić information content (AvgIpc) is 2.19. The van der Waals surface area contributed by atoms with E-state index in [1.54, 1.807) is 0 Å². The van der Waals surface area contributed by atoms with E-state index in [1.807, 2.05) is 0 Å². The lowest BCUT2D eigenvalue weighted by Crippen LogP contribution is -2.73. The number of hydrogen-bond acceptors (Lipinski definition) is 3. The highest BCUT2D eigenvalue weighted by molar-refractivity contribution is 7.25. The van der Waals surface area contributed by atoms with Gasteiger partial charge >= 0.3 is 0 Å². The van der Waals surface area contributed by atoms with Crippen molar-refractivity contribution in [1.82, 2.24) is 12.7 Å². The van der Waals surface area contributed by atoms with Gasteiger partial charge in [-0.15, -0.1) is 33.2 Å². The predicted molar refractivity (Wildman–Crippen MR) is 76.1 cm³/mol. The molecule has 1 aliphatic heterocycles. The third-order valence-electron chi connectivity index (χ3n) is 2.74. The summed E-state index contributed by atoms with van der Waals surface area (Å²) >= 11 is 19.6. The SMILES string of the molecule is CCN1[SiH](Cl)N(CC)[SiH](Cl)N(CC)[SiH]1Cl. The molecule has 0 aromatic carbocycles. The summed E-state index contributed by atoms with van der Waals surface area (Å²) in [5.41, 5.74) is 0. The van der Waals surface area contributed by atoms with E-state index in [2.05, 4.69) is 33.5 Å². The van der Waals surface area contributed by atoms with Gasteiger partial charge in [-0.25, -0.2) is 0 Å². The Labute approximate surface area is 111 Å². The van der Waals surface area contributed by atoms with Gasteiger partial charge in [-0.1, -0.05) is 20.8 Å². The molecule has 0 unspecified atom stereocenters. The summed E-state index contributed by atoms with van der Waals surface area (Å²) in [6, 6.07) is 0. The number of halogens is 3. The Morgan fingerprint density at radius 3 is 1.00 bits per heavy atom. The quantitative estimate of drug-likeness (QED) is 0.563. The maximum atomic E-state index is 6.53. The number of hydrogen-bond donors (Lipinski definition) is 0. The van der Waals surface area contributed by atoms with E-state index < -0.39 is 25.3 Å². The van der Waals surface area contributed by atoms with Gasteiger partial charge in [-0.2, -0.15) is 0 Å². The van der Waals surface area contributed by atoms with Gasteiger partial charge in [0, 0.05) is 0 Å². The molecule has 1 saturated heterocycles. The number of rotatable bonds is 3. The summed E-state index contributed by atoms with van der Waals surface area (Å²) in [5, 5.41) is 0. The molecule has 1 aliphatic rings. The van der Waals surface area contributed by atoms with Crippen molar-refractivity contribution in [3.05, 3.63) is 0 Å². The Morgan fingerprint density at radius 2 is 0.867 bits per heavy atom. The lowest BCUT2D eigenvalue weighted by molar-refractivity contribution is 0.488. The predicted octanol–water partition coefficient (Wildman–Crippen LogP) is 0.834. The Bertz CT molecular complexity index is 168. The second-order valence-electron chi connectivity index (χ2n) is 3.42. The van der Waals surface area contributed by atoms with Crippen LogP contribution in [0.25, 0.3) is 0 Å². The van der Waals surface area contributed by atoms with Crippen LogP contribution >= 0.6 is 33.2 Å². The molecule has 0 atom stereocenters. The molecule has 0 aromatic heterocycles. The topological polar surface area (TPSA) is 9.72 Å². The summed E-state index contributed by atoms with van der Waals surface area (Å²) in [7, 11) is -4.61. The highest BCUT2D eigenvalue weighted by atomic mass is 35.6. The van der Waals surface area contributed by atoms with Crippen molar-refractivity contribution >= 4 is 58.5 Å². The van der Waals surface area contributed by atoms with E-state index in [0.29, 0.717) is 0 Å². The maximum absolute atomic E-state index is 6.53. The summed E-state index contributed by atoms with van der Waals surface area (Å²) in [6.07, 6.45) is 0. The Kier molecular flexibility index (Phi) is 6.14. The van der Waals surface area contributed by atoms with Crippen LogP contribution in [0.2, 0.25) is 0 Å². The highest BCUT2D eigenvalue weighted by Gasteiger charge is 2.45. The minimum absolute atomic E-state index is 0.950. The third-order valence-corrected chi connectivity index (χ3v) is 21.2. The zero-order chi connectivity index (χ0) is 11.6. The van der Waals surface area contributed by atoms with Crippen molar-refractivity contribution in [3.8, 4) is 0 Å². The maximum Gasteiger partial charge on any atom is 0.281 e. The minimum Gasteiger partial charge on any atom is -0.303 e. The van der Waals surface area contributed by atoms with Crippen molar-refractivity contribution in [1.29, 1.82) is 0 Å². The highest BCUT2D eigenvalue weighted by Crippen LogP contribution is 2.24. The standard InChI is InChI=1S/C6H18Cl3N3Si3/c1-4-10-13(7)11(5-2)15(9)12(6-3)14(10)8/h13-15H,4-6H2,1-3H3. The first kappa shape index (κ1) is 14.5. The van der Waals surface area contributed by atoms with Gasteiger partial charge in [0.15, 0.2) is 0 Å². The molecule has 0 aromatic rings. The van der Waals surface area contributed by atoms with E-state index in [1.165, 1.54) is 0 Å². The van der Waals surface area contributed by atoms with E-state index in [4.69, 9.17) is 33.2 Å². The molecule has 0 aliphatic carbocycles. The van der Waals surface area contributed by atoms with Gasteiger partial charge in [-0.05, 0) is 19.6 Å². The normalized spacial score (nSPS) is 36.0. The zero-order valence-electron chi connectivity index (χ0n) is 9.33. The van der Waals surface area contributed by atoms with Crippen LogP contribution in [0, 0.1) is 0 Å². The molecule has 90 valence electrons. The van der Waals surface area contributed by atoms with Crippen molar-refractivity contribution < 1.29 is 0 Å². The van der Waals surface area contributed by atoms with Crippen molar-refractivity contribution in [2.24, 2.45) is 0 Å². The van der Waals surface area contributed by atoms with Crippen LogP contribution < -0.4 is 0 Å². The second-order valence-corrected chi connectivity index (χ2v) is 14.6. The molecule has 0 N–H and O–H groups in total. The lowest BCUT2D eigenvalue weighted by atomic mass is 10.8. The molecule has 1 heterocycles. The molecule has 1 fully saturated rings. The molecule has 9 heteroatoms. The Morgan fingerprint density at radius 1 is 0.667 bits per heavy atom. The molecule has 0 bridgehead atoms. The average molecular weight is 323 g/mol. The van der Waals surface area contributed by atoms with Gasteiger partial charge in [-0.3, -0.25) is 0 Å². The fourth-order valence-corrected chi connectivity index (χ4v) is 21.4. The van der Waals surface area contributed by atoms with Gasteiger partial charge in [0.1, 0.15) is 0 Å². The molecule has 0 spiro atoms. The summed E-state index contributed by atoms with van der Waals surface area (Å²) in [4.78, 5) is 0. The summed E-state index contributed by atoms with van der Waals surface area (Å²) in [6.45, 7) is 9.23. The van der Waals surface area contributed by atoms with Crippen LogP contribution in [-0.2, 0) is 0 Å². The minimum atomic E-state index is -1.54. The van der Waals surface area contributed by atoms with Crippen LogP contribution in [0.3, 0.4) is 0 Å². The molecule has 0 amide bonds. The first-order valence-corrected chi connectivity index (χ1v) is 13.6. The van der Waals surface area contributed by atoms with E-state index in [9.17, 15) is 0 Å². The van der Waals surface area contributed by atoms with Gasteiger partial charge in [0.2, 0.25) is 0 Å². The van der Waals surface area contributed by atoms with Crippen LogP contribution in [-0.4, -0.2) is 57.6 Å². The Balaban J connectivity index is 2.87. The van der Waals surface area contributed by atoms with Gasteiger partial charge in [0.05, 0.1) is 0 Å². The molecular formula is C6H18Cl3N3Si3. The fourth-order valence-electron chi connectivity index (χ4n) is 1.78. The number of nitrogens with zero attached hydrogens (tertiary/aromatic N) is 3.